The van der Waals surface area contributed by atoms with Crippen LogP contribution in [0.4, 0.5) is 23.0 Å². The first kappa shape index (κ1) is 13.1. The summed E-state index contributed by atoms with van der Waals surface area (Å²) in [7, 11) is 4.02. The Morgan fingerprint density at radius 1 is 1.05 bits per heavy atom. The number of nitrogens with zero attached hydrogens (tertiary/aromatic N) is 3. The second-order valence-corrected chi connectivity index (χ2v) is 4.41. The molecule has 0 saturated carbocycles. The monoisotopic (exact) mass is 258 g/mol. The topological polar surface area (TPSA) is 79.1 Å². The van der Waals surface area contributed by atoms with Crippen molar-refractivity contribution in [3.05, 3.63) is 36.2 Å². The van der Waals surface area contributed by atoms with Crippen molar-refractivity contribution in [2.75, 3.05) is 29.7 Å². The fourth-order valence-corrected chi connectivity index (χ4v) is 1.70. The molecule has 4 N–H and O–H groups in total. The van der Waals surface area contributed by atoms with Crippen molar-refractivity contribution in [3.8, 4) is 0 Å². The van der Waals surface area contributed by atoms with Gasteiger partial charge in [-0.25, -0.2) is 15.8 Å². The minimum absolute atomic E-state index is 0.613. The minimum atomic E-state index is 0.613. The van der Waals surface area contributed by atoms with Gasteiger partial charge >= 0.3 is 0 Å². The third-order valence-corrected chi connectivity index (χ3v) is 2.87. The van der Waals surface area contributed by atoms with Gasteiger partial charge in [0.2, 0.25) is 0 Å². The maximum Gasteiger partial charge on any atom is 0.148 e. The summed E-state index contributed by atoms with van der Waals surface area (Å²) < 4.78 is 0. The highest BCUT2D eigenvalue weighted by Crippen LogP contribution is 2.23. The first-order chi connectivity index (χ1) is 9.11. The lowest BCUT2D eigenvalue weighted by Crippen LogP contribution is -2.11. The SMILES string of the molecule is Cc1c(NN)ncnc1Nc1ccc(N(C)C)cc1. The van der Waals surface area contributed by atoms with Gasteiger partial charge in [0.15, 0.2) is 0 Å². The molecular weight excluding hydrogens is 240 g/mol. The summed E-state index contributed by atoms with van der Waals surface area (Å²) in [5, 5.41) is 3.25. The van der Waals surface area contributed by atoms with Crippen LogP contribution in [0.3, 0.4) is 0 Å². The molecule has 6 nitrogen and oxygen atoms in total. The van der Waals surface area contributed by atoms with E-state index in [1.165, 1.54) is 6.33 Å². The largest absolute Gasteiger partial charge is 0.378 e. The molecule has 0 atom stereocenters. The van der Waals surface area contributed by atoms with Crippen molar-refractivity contribution in [1.29, 1.82) is 0 Å². The summed E-state index contributed by atoms with van der Waals surface area (Å²) in [5.74, 6) is 6.74. The first-order valence-corrected chi connectivity index (χ1v) is 5.94. The van der Waals surface area contributed by atoms with Crippen LogP contribution in [0.25, 0.3) is 0 Å². The van der Waals surface area contributed by atoms with E-state index in [4.69, 9.17) is 5.84 Å². The van der Waals surface area contributed by atoms with E-state index in [-0.39, 0.29) is 0 Å². The predicted molar refractivity (Wildman–Crippen MR) is 78.6 cm³/mol. The van der Waals surface area contributed by atoms with Crippen molar-refractivity contribution in [2.45, 2.75) is 6.92 Å². The highest BCUT2D eigenvalue weighted by atomic mass is 15.3. The van der Waals surface area contributed by atoms with Crippen LogP contribution < -0.4 is 21.5 Å². The fourth-order valence-electron chi connectivity index (χ4n) is 1.70. The molecule has 2 aromatic rings. The number of anilines is 4. The van der Waals surface area contributed by atoms with Crippen molar-refractivity contribution in [2.24, 2.45) is 5.84 Å². The zero-order chi connectivity index (χ0) is 13.8. The third kappa shape index (κ3) is 2.92. The first-order valence-electron chi connectivity index (χ1n) is 5.94. The Morgan fingerprint density at radius 3 is 2.26 bits per heavy atom. The van der Waals surface area contributed by atoms with E-state index in [1.54, 1.807) is 0 Å². The van der Waals surface area contributed by atoms with E-state index in [0.29, 0.717) is 5.82 Å². The van der Waals surface area contributed by atoms with E-state index in [1.807, 2.05) is 45.3 Å². The van der Waals surface area contributed by atoms with Crippen LogP contribution in [-0.2, 0) is 0 Å². The summed E-state index contributed by atoms with van der Waals surface area (Å²) >= 11 is 0. The number of nitrogen functional groups attached to an aromatic ring is 1. The van der Waals surface area contributed by atoms with Crippen LogP contribution in [0.5, 0.6) is 0 Å². The highest BCUT2D eigenvalue weighted by Gasteiger charge is 2.06. The van der Waals surface area contributed by atoms with Gasteiger partial charge in [-0.3, -0.25) is 0 Å². The highest BCUT2D eigenvalue weighted by molar-refractivity contribution is 5.65. The summed E-state index contributed by atoms with van der Waals surface area (Å²) in [5.41, 5.74) is 5.54. The van der Waals surface area contributed by atoms with Gasteiger partial charge in [-0.1, -0.05) is 0 Å². The minimum Gasteiger partial charge on any atom is -0.378 e. The van der Waals surface area contributed by atoms with Gasteiger partial charge in [-0.2, -0.15) is 0 Å². The van der Waals surface area contributed by atoms with Crippen molar-refractivity contribution >= 4 is 23.0 Å². The molecule has 0 aliphatic carbocycles. The Morgan fingerprint density at radius 2 is 1.68 bits per heavy atom. The molecule has 100 valence electrons. The summed E-state index contributed by atoms with van der Waals surface area (Å²) in [6.07, 6.45) is 1.47. The number of nitrogens with one attached hydrogen (secondary N) is 2. The van der Waals surface area contributed by atoms with Gasteiger partial charge in [0, 0.05) is 31.0 Å². The summed E-state index contributed by atoms with van der Waals surface area (Å²) in [6, 6.07) is 8.10. The molecule has 1 aromatic carbocycles. The van der Waals surface area contributed by atoms with Crippen LogP contribution in [0.15, 0.2) is 30.6 Å². The molecular formula is C13H18N6. The predicted octanol–water partition coefficient (Wildman–Crippen LogP) is 1.88. The van der Waals surface area contributed by atoms with Crippen molar-refractivity contribution < 1.29 is 0 Å². The summed E-state index contributed by atoms with van der Waals surface area (Å²) in [4.78, 5) is 10.3. The molecule has 2 rings (SSSR count). The smallest absolute Gasteiger partial charge is 0.148 e. The van der Waals surface area contributed by atoms with Crippen LogP contribution in [0.1, 0.15) is 5.56 Å². The van der Waals surface area contributed by atoms with E-state index >= 15 is 0 Å². The molecule has 19 heavy (non-hydrogen) atoms. The zero-order valence-corrected chi connectivity index (χ0v) is 11.3. The van der Waals surface area contributed by atoms with Crippen LogP contribution in [-0.4, -0.2) is 24.1 Å². The molecule has 0 saturated heterocycles. The lowest BCUT2D eigenvalue weighted by atomic mass is 10.2. The number of benzene rings is 1. The lowest BCUT2D eigenvalue weighted by molar-refractivity contribution is 1.10. The molecule has 1 heterocycles. The molecule has 0 bridgehead atoms. The number of hydrogen-bond acceptors (Lipinski definition) is 6. The molecule has 1 aromatic heterocycles. The van der Waals surface area contributed by atoms with Gasteiger partial charge in [-0.05, 0) is 31.2 Å². The second-order valence-electron chi connectivity index (χ2n) is 4.41. The Labute approximate surface area is 112 Å². The Balaban J connectivity index is 2.21. The Bertz CT molecular complexity index is 550. The average molecular weight is 258 g/mol. The van der Waals surface area contributed by atoms with Gasteiger partial charge in [-0.15, -0.1) is 0 Å². The van der Waals surface area contributed by atoms with Crippen LogP contribution >= 0.6 is 0 Å². The standard InChI is InChI=1S/C13H18N6/c1-9-12(15-8-16-13(9)18-14)17-10-4-6-11(7-5-10)19(2)3/h4-8H,14H2,1-3H3,(H2,15,16,17,18). The molecule has 0 aliphatic rings. The number of rotatable bonds is 4. The van der Waals surface area contributed by atoms with Crippen molar-refractivity contribution in [1.82, 2.24) is 9.97 Å². The average Bonchev–Trinajstić information content (AvgIpc) is 2.42. The van der Waals surface area contributed by atoms with E-state index in [0.717, 1.165) is 22.8 Å². The Kier molecular flexibility index (Phi) is 3.82. The fraction of sp³-hybridized carbons (Fsp3) is 0.231. The quantitative estimate of drug-likeness (QED) is 0.574. The Hall–Kier alpha value is -2.34. The molecule has 6 heteroatoms. The van der Waals surface area contributed by atoms with Crippen LogP contribution in [0, 0.1) is 6.92 Å². The number of aromatic nitrogens is 2. The third-order valence-electron chi connectivity index (χ3n) is 2.87. The molecule has 0 radical (unpaired) electrons. The second kappa shape index (κ2) is 5.53. The molecule has 0 amide bonds. The van der Waals surface area contributed by atoms with E-state index < -0.39 is 0 Å². The van der Waals surface area contributed by atoms with Gasteiger partial charge in [0.25, 0.3) is 0 Å². The number of hydrogen-bond donors (Lipinski definition) is 3. The van der Waals surface area contributed by atoms with Gasteiger partial charge in [0.05, 0.1) is 0 Å². The van der Waals surface area contributed by atoms with E-state index in [2.05, 4.69) is 25.6 Å². The molecule has 0 aliphatic heterocycles. The lowest BCUT2D eigenvalue weighted by Gasteiger charge is -2.14. The van der Waals surface area contributed by atoms with E-state index in [9.17, 15) is 0 Å². The van der Waals surface area contributed by atoms with Crippen LogP contribution in [0.2, 0.25) is 0 Å². The number of nitrogens with two attached hydrogens (primary N) is 1. The molecule has 0 spiro atoms. The van der Waals surface area contributed by atoms with Crippen molar-refractivity contribution in [3.63, 3.8) is 0 Å². The zero-order valence-electron chi connectivity index (χ0n) is 11.3. The van der Waals surface area contributed by atoms with Gasteiger partial charge < -0.3 is 15.6 Å². The van der Waals surface area contributed by atoms with Gasteiger partial charge in [0.1, 0.15) is 18.0 Å². The normalized spacial score (nSPS) is 10.1. The number of hydrazine groups is 1. The maximum absolute atomic E-state index is 5.39. The maximum atomic E-state index is 5.39. The molecule has 0 fully saturated rings. The summed E-state index contributed by atoms with van der Waals surface area (Å²) in [6.45, 7) is 1.91. The molecule has 0 unspecified atom stereocenters.